The SMILES string of the molecule is COC(=O)[C@H]1N2C(=O)[C@@H](N(Cc3ccccc3)Cc3ccccc3)[C@@H]2N(C(=O)OCc2ccccc2)C12CC2. The van der Waals surface area contributed by atoms with E-state index in [1.54, 1.807) is 9.80 Å². The summed E-state index contributed by atoms with van der Waals surface area (Å²) >= 11 is 0. The maximum Gasteiger partial charge on any atom is 0.412 e. The number of hydrogen-bond donors (Lipinski definition) is 0. The Morgan fingerprint density at radius 2 is 1.36 bits per heavy atom. The number of methoxy groups -OCH3 is 1. The molecule has 6 rings (SSSR count). The van der Waals surface area contributed by atoms with E-state index in [1.807, 2.05) is 91.0 Å². The average molecular weight is 526 g/mol. The molecule has 0 N–H and O–H groups in total. The number of amides is 2. The first-order valence-electron chi connectivity index (χ1n) is 13.3. The summed E-state index contributed by atoms with van der Waals surface area (Å²) in [6.07, 6.45) is 0.0734. The highest BCUT2D eigenvalue weighted by Gasteiger charge is 2.77. The third kappa shape index (κ3) is 4.44. The molecule has 39 heavy (non-hydrogen) atoms. The van der Waals surface area contributed by atoms with Crippen LogP contribution in [0, 0.1) is 0 Å². The molecule has 3 aromatic carbocycles. The summed E-state index contributed by atoms with van der Waals surface area (Å²) in [5, 5.41) is 0. The predicted octanol–water partition coefficient (Wildman–Crippen LogP) is 3.95. The second kappa shape index (κ2) is 10.2. The van der Waals surface area contributed by atoms with E-state index in [4.69, 9.17) is 9.47 Å². The second-order valence-corrected chi connectivity index (χ2v) is 10.4. The Morgan fingerprint density at radius 1 is 0.846 bits per heavy atom. The van der Waals surface area contributed by atoms with Crippen LogP contribution >= 0.6 is 0 Å². The van der Waals surface area contributed by atoms with E-state index in [0.717, 1.165) is 16.7 Å². The summed E-state index contributed by atoms with van der Waals surface area (Å²) < 4.78 is 10.9. The zero-order valence-electron chi connectivity index (χ0n) is 21.8. The molecule has 3 aliphatic rings. The van der Waals surface area contributed by atoms with Gasteiger partial charge in [0.2, 0.25) is 5.91 Å². The molecule has 1 aliphatic carbocycles. The van der Waals surface area contributed by atoms with Crippen molar-refractivity contribution in [1.29, 1.82) is 0 Å². The normalized spacial score (nSPS) is 22.4. The van der Waals surface area contributed by atoms with Crippen LogP contribution in [0.4, 0.5) is 4.79 Å². The van der Waals surface area contributed by atoms with Crippen LogP contribution in [0.15, 0.2) is 91.0 Å². The number of fused-ring (bicyclic) bond motifs is 1. The van der Waals surface area contributed by atoms with Gasteiger partial charge in [-0.3, -0.25) is 14.6 Å². The molecule has 2 aliphatic heterocycles. The van der Waals surface area contributed by atoms with Crippen LogP contribution in [0.25, 0.3) is 0 Å². The third-order valence-electron chi connectivity index (χ3n) is 8.05. The van der Waals surface area contributed by atoms with Gasteiger partial charge in [0.15, 0.2) is 6.04 Å². The zero-order chi connectivity index (χ0) is 27.0. The van der Waals surface area contributed by atoms with Crippen LogP contribution in [0.3, 0.4) is 0 Å². The number of ether oxygens (including phenoxy) is 2. The molecule has 1 saturated carbocycles. The summed E-state index contributed by atoms with van der Waals surface area (Å²) in [7, 11) is 1.32. The lowest BCUT2D eigenvalue weighted by molar-refractivity contribution is -0.172. The minimum Gasteiger partial charge on any atom is -0.467 e. The number of β-lactam (4-membered cyclic amide) rings is 1. The first-order chi connectivity index (χ1) is 19.0. The molecule has 0 unspecified atom stereocenters. The van der Waals surface area contributed by atoms with Crippen molar-refractivity contribution in [3.63, 3.8) is 0 Å². The van der Waals surface area contributed by atoms with Gasteiger partial charge in [0.25, 0.3) is 0 Å². The van der Waals surface area contributed by atoms with Gasteiger partial charge in [0.1, 0.15) is 18.8 Å². The summed E-state index contributed by atoms with van der Waals surface area (Å²) in [4.78, 5) is 45.9. The fraction of sp³-hybridized carbons (Fsp3) is 0.323. The maximum atomic E-state index is 13.9. The first-order valence-corrected chi connectivity index (χ1v) is 13.3. The Morgan fingerprint density at radius 3 is 1.85 bits per heavy atom. The van der Waals surface area contributed by atoms with Crippen molar-refractivity contribution >= 4 is 18.0 Å². The van der Waals surface area contributed by atoms with Crippen molar-refractivity contribution in [2.24, 2.45) is 0 Å². The number of benzene rings is 3. The van der Waals surface area contributed by atoms with Crippen LogP contribution < -0.4 is 0 Å². The molecular weight excluding hydrogens is 494 g/mol. The van der Waals surface area contributed by atoms with Gasteiger partial charge in [-0.1, -0.05) is 91.0 Å². The standard InChI is InChI=1S/C31H31N3O5/c1-38-29(36)26-31(17-18-31)34(30(37)39-21-24-15-9-4-10-16-24)27-25(28(35)33(26)27)32(19-22-11-5-2-6-12-22)20-23-13-7-3-8-14-23/h2-16,25-27H,17-21H2,1H3/t25-,26+,27-/m0/s1. The summed E-state index contributed by atoms with van der Waals surface area (Å²) in [5.41, 5.74) is 2.18. The molecule has 1 spiro atoms. The minimum atomic E-state index is -0.837. The molecule has 0 radical (unpaired) electrons. The molecule has 8 heteroatoms. The van der Waals surface area contributed by atoms with E-state index in [1.165, 1.54) is 7.11 Å². The first kappa shape index (κ1) is 25.1. The summed E-state index contributed by atoms with van der Waals surface area (Å²) in [6.45, 7) is 1.14. The molecular formula is C31H31N3O5. The molecule has 3 atom stereocenters. The highest BCUT2D eigenvalue weighted by molar-refractivity contribution is 5.98. The number of carbonyl (C=O) groups is 3. The summed E-state index contributed by atoms with van der Waals surface area (Å²) in [6, 6.07) is 27.9. The van der Waals surface area contributed by atoms with Crippen LogP contribution in [0.5, 0.6) is 0 Å². The van der Waals surface area contributed by atoms with E-state index in [-0.39, 0.29) is 12.5 Å². The minimum absolute atomic E-state index is 0.109. The van der Waals surface area contributed by atoms with Gasteiger partial charge in [-0.05, 0) is 29.5 Å². The van der Waals surface area contributed by atoms with Crippen molar-refractivity contribution in [3.05, 3.63) is 108 Å². The van der Waals surface area contributed by atoms with E-state index in [2.05, 4.69) is 4.90 Å². The number of hydrogen-bond acceptors (Lipinski definition) is 6. The number of rotatable bonds is 8. The fourth-order valence-corrected chi connectivity index (χ4v) is 6.08. The fourth-order valence-electron chi connectivity index (χ4n) is 6.08. The van der Waals surface area contributed by atoms with Gasteiger partial charge in [-0.15, -0.1) is 0 Å². The van der Waals surface area contributed by atoms with Crippen LogP contribution in [0.1, 0.15) is 29.5 Å². The predicted molar refractivity (Wildman–Crippen MR) is 143 cm³/mol. The highest BCUT2D eigenvalue weighted by atomic mass is 16.6. The van der Waals surface area contributed by atoms with Gasteiger partial charge in [-0.2, -0.15) is 0 Å². The van der Waals surface area contributed by atoms with Crippen molar-refractivity contribution in [3.8, 4) is 0 Å². The molecule has 2 heterocycles. The average Bonchev–Trinajstić information content (AvgIpc) is 3.71. The van der Waals surface area contributed by atoms with Gasteiger partial charge in [-0.25, -0.2) is 9.59 Å². The highest BCUT2D eigenvalue weighted by Crippen LogP contribution is 2.57. The molecule has 0 aromatic heterocycles. The molecule has 2 saturated heterocycles. The van der Waals surface area contributed by atoms with Crippen molar-refractivity contribution < 1.29 is 23.9 Å². The molecule has 2 amide bonds. The van der Waals surface area contributed by atoms with E-state index in [9.17, 15) is 14.4 Å². The Labute approximate surface area is 227 Å². The Hall–Kier alpha value is -4.17. The molecule has 3 fully saturated rings. The zero-order valence-corrected chi connectivity index (χ0v) is 21.8. The van der Waals surface area contributed by atoms with Gasteiger partial charge < -0.3 is 14.4 Å². The Balaban J connectivity index is 1.34. The van der Waals surface area contributed by atoms with E-state index < -0.39 is 35.9 Å². The number of esters is 1. The van der Waals surface area contributed by atoms with Gasteiger partial charge in [0.05, 0.1) is 12.6 Å². The second-order valence-electron chi connectivity index (χ2n) is 10.4. The molecule has 3 aromatic rings. The van der Waals surface area contributed by atoms with E-state index >= 15 is 0 Å². The quantitative estimate of drug-likeness (QED) is 0.327. The topological polar surface area (TPSA) is 79.4 Å². The van der Waals surface area contributed by atoms with Crippen LogP contribution in [-0.2, 0) is 38.8 Å². The monoisotopic (exact) mass is 525 g/mol. The molecule has 0 bridgehead atoms. The summed E-state index contributed by atoms with van der Waals surface area (Å²) in [5.74, 6) is -0.674. The van der Waals surface area contributed by atoms with Crippen molar-refractivity contribution in [2.45, 2.75) is 56.3 Å². The lowest BCUT2D eigenvalue weighted by Gasteiger charge is -2.50. The number of carbonyl (C=O) groups excluding carboxylic acids is 3. The van der Waals surface area contributed by atoms with E-state index in [0.29, 0.717) is 25.9 Å². The van der Waals surface area contributed by atoms with Gasteiger partial charge >= 0.3 is 12.1 Å². The third-order valence-corrected chi connectivity index (χ3v) is 8.05. The maximum absolute atomic E-state index is 13.9. The largest absolute Gasteiger partial charge is 0.467 e. The van der Waals surface area contributed by atoms with Crippen LogP contribution in [-0.4, -0.2) is 63.6 Å². The molecule has 200 valence electrons. The number of nitrogens with zero attached hydrogens (tertiary/aromatic N) is 3. The lowest BCUT2D eigenvalue weighted by atomic mass is 9.97. The lowest BCUT2D eigenvalue weighted by Crippen LogP contribution is -2.73. The Bertz CT molecular complexity index is 1300. The smallest absolute Gasteiger partial charge is 0.412 e. The van der Waals surface area contributed by atoms with Crippen molar-refractivity contribution in [2.75, 3.05) is 7.11 Å². The Kier molecular flexibility index (Phi) is 6.56. The van der Waals surface area contributed by atoms with Crippen LogP contribution in [0.2, 0.25) is 0 Å². The van der Waals surface area contributed by atoms with Crippen molar-refractivity contribution in [1.82, 2.24) is 14.7 Å². The molecule has 8 nitrogen and oxygen atoms in total. The van der Waals surface area contributed by atoms with Gasteiger partial charge in [0, 0.05) is 13.1 Å².